The minimum absolute atomic E-state index is 0.194. The quantitative estimate of drug-likeness (QED) is 0.666. The summed E-state index contributed by atoms with van der Waals surface area (Å²) in [5, 5.41) is 4.44. The number of anilines is 1. The standard InChI is InChI=1S/C18H19BrClN/c1-18(2)10-9-12-5-3-4-6-14(12)17(18)21-16-11-13(19)7-8-15(16)20/h3-8,11,17,21H,9-10H2,1-2H3. The van der Waals surface area contributed by atoms with Crippen molar-refractivity contribution in [2.45, 2.75) is 32.7 Å². The summed E-state index contributed by atoms with van der Waals surface area (Å²) in [6.07, 6.45) is 2.32. The summed E-state index contributed by atoms with van der Waals surface area (Å²) in [5.74, 6) is 0. The molecule has 1 aliphatic rings. The first-order valence-electron chi connectivity index (χ1n) is 7.27. The fraction of sp³-hybridized carbons (Fsp3) is 0.333. The fourth-order valence-corrected chi connectivity index (χ4v) is 3.64. The molecule has 1 unspecified atom stereocenters. The molecule has 3 rings (SSSR count). The van der Waals surface area contributed by atoms with Gasteiger partial charge in [0.15, 0.2) is 0 Å². The largest absolute Gasteiger partial charge is 0.376 e. The van der Waals surface area contributed by atoms with Crippen LogP contribution >= 0.6 is 27.5 Å². The van der Waals surface area contributed by atoms with Crippen molar-refractivity contribution in [3.05, 3.63) is 63.1 Å². The molecule has 0 aromatic heterocycles. The van der Waals surface area contributed by atoms with E-state index < -0.39 is 0 Å². The summed E-state index contributed by atoms with van der Waals surface area (Å²) in [7, 11) is 0. The van der Waals surface area contributed by atoms with Crippen molar-refractivity contribution in [3.8, 4) is 0 Å². The molecular weight excluding hydrogens is 346 g/mol. The molecule has 2 aromatic rings. The summed E-state index contributed by atoms with van der Waals surface area (Å²) in [6.45, 7) is 4.65. The Morgan fingerprint density at radius 1 is 1.19 bits per heavy atom. The van der Waals surface area contributed by atoms with E-state index in [2.05, 4.69) is 65.4 Å². The third kappa shape index (κ3) is 2.97. The molecule has 110 valence electrons. The van der Waals surface area contributed by atoms with Gasteiger partial charge in [0.25, 0.3) is 0 Å². The number of hydrogen-bond donors (Lipinski definition) is 1. The Balaban J connectivity index is 2.01. The van der Waals surface area contributed by atoms with Crippen molar-refractivity contribution < 1.29 is 0 Å². The Hall–Kier alpha value is -0.990. The molecule has 1 atom stereocenters. The summed E-state index contributed by atoms with van der Waals surface area (Å²) in [6, 6.07) is 14.9. The zero-order valence-corrected chi connectivity index (χ0v) is 14.6. The lowest BCUT2D eigenvalue weighted by Gasteiger charge is -2.41. The predicted octanol–water partition coefficient (Wildman–Crippen LogP) is 6.23. The molecule has 0 bridgehead atoms. The van der Waals surface area contributed by atoms with Gasteiger partial charge in [-0.3, -0.25) is 0 Å². The Morgan fingerprint density at radius 2 is 1.95 bits per heavy atom. The number of aryl methyl sites for hydroxylation is 1. The van der Waals surface area contributed by atoms with Gasteiger partial charge in [-0.05, 0) is 47.6 Å². The molecule has 0 aliphatic heterocycles. The van der Waals surface area contributed by atoms with Gasteiger partial charge < -0.3 is 5.32 Å². The molecule has 2 aromatic carbocycles. The number of fused-ring (bicyclic) bond motifs is 1. The third-order valence-corrected chi connectivity index (χ3v) is 5.24. The van der Waals surface area contributed by atoms with Crippen molar-refractivity contribution in [1.29, 1.82) is 0 Å². The van der Waals surface area contributed by atoms with Crippen molar-refractivity contribution in [2.75, 3.05) is 5.32 Å². The minimum Gasteiger partial charge on any atom is -0.376 e. The van der Waals surface area contributed by atoms with Crippen molar-refractivity contribution >= 4 is 33.2 Å². The van der Waals surface area contributed by atoms with Gasteiger partial charge >= 0.3 is 0 Å². The number of halogens is 2. The summed E-state index contributed by atoms with van der Waals surface area (Å²) in [4.78, 5) is 0. The van der Waals surface area contributed by atoms with Gasteiger partial charge in [-0.1, -0.05) is 65.6 Å². The Bertz CT molecular complexity index is 666. The third-order valence-electron chi connectivity index (χ3n) is 4.41. The molecule has 0 saturated heterocycles. The van der Waals surface area contributed by atoms with E-state index in [1.807, 2.05) is 12.1 Å². The monoisotopic (exact) mass is 363 g/mol. The summed E-state index contributed by atoms with van der Waals surface area (Å²) < 4.78 is 1.04. The molecule has 21 heavy (non-hydrogen) atoms. The number of benzene rings is 2. The van der Waals surface area contributed by atoms with E-state index in [1.54, 1.807) is 0 Å². The van der Waals surface area contributed by atoms with Gasteiger partial charge in [0.2, 0.25) is 0 Å². The van der Waals surface area contributed by atoms with E-state index in [1.165, 1.54) is 17.5 Å². The van der Waals surface area contributed by atoms with Gasteiger partial charge in [0.1, 0.15) is 0 Å². The SMILES string of the molecule is CC1(C)CCc2ccccc2C1Nc1cc(Br)ccc1Cl. The van der Waals surface area contributed by atoms with E-state index in [0.29, 0.717) is 0 Å². The van der Waals surface area contributed by atoms with Gasteiger partial charge in [-0.25, -0.2) is 0 Å². The lowest BCUT2D eigenvalue weighted by atomic mass is 9.70. The van der Waals surface area contributed by atoms with Crippen LogP contribution in [-0.4, -0.2) is 0 Å². The van der Waals surface area contributed by atoms with Gasteiger partial charge in [-0.2, -0.15) is 0 Å². The maximum Gasteiger partial charge on any atom is 0.0638 e. The fourth-order valence-electron chi connectivity index (χ4n) is 3.10. The van der Waals surface area contributed by atoms with Crippen LogP contribution in [0.25, 0.3) is 0 Å². The number of nitrogens with one attached hydrogen (secondary N) is 1. The molecule has 0 saturated carbocycles. The van der Waals surface area contributed by atoms with Crippen LogP contribution in [-0.2, 0) is 6.42 Å². The maximum atomic E-state index is 6.35. The highest BCUT2D eigenvalue weighted by molar-refractivity contribution is 9.10. The lowest BCUT2D eigenvalue weighted by Crippen LogP contribution is -2.33. The molecule has 0 spiro atoms. The highest BCUT2D eigenvalue weighted by Crippen LogP contribution is 2.46. The second-order valence-electron chi connectivity index (χ2n) is 6.39. The number of hydrogen-bond acceptors (Lipinski definition) is 1. The van der Waals surface area contributed by atoms with Crippen LogP contribution in [0.3, 0.4) is 0 Å². The molecular formula is C18H19BrClN. The zero-order valence-electron chi connectivity index (χ0n) is 12.3. The predicted molar refractivity (Wildman–Crippen MR) is 94.1 cm³/mol. The zero-order chi connectivity index (χ0) is 15.0. The molecule has 1 N–H and O–H groups in total. The maximum absolute atomic E-state index is 6.35. The topological polar surface area (TPSA) is 12.0 Å². The highest BCUT2D eigenvalue weighted by Gasteiger charge is 2.35. The average Bonchev–Trinajstić information content (AvgIpc) is 2.46. The molecule has 0 fully saturated rings. The van der Waals surface area contributed by atoms with E-state index in [4.69, 9.17) is 11.6 Å². The summed E-state index contributed by atoms with van der Waals surface area (Å²) >= 11 is 9.88. The first kappa shape index (κ1) is 14.9. The van der Waals surface area contributed by atoms with Crippen LogP contribution in [0.5, 0.6) is 0 Å². The van der Waals surface area contributed by atoms with Gasteiger partial charge in [0, 0.05) is 4.47 Å². The van der Waals surface area contributed by atoms with Crippen LogP contribution in [0.1, 0.15) is 37.4 Å². The van der Waals surface area contributed by atoms with Crippen molar-refractivity contribution in [2.24, 2.45) is 5.41 Å². The Kier molecular flexibility index (Phi) is 4.02. The summed E-state index contributed by atoms with van der Waals surface area (Å²) in [5.41, 5.74) is 4.02. The van der Waals surface area contributed by atoms with Gasteiger partial charge in [-0.15, -0.1) is 0 Å². The Morgan fingerprint density at radius 3 is 2.76 bits per heavy atom. The van der Waals surface area contributed by atoms with E-state index in [0.717, 1.165) is 21.6 Å². The van der Waals surface area contributed by atoms with Crippen LogP contribution in [0.4, 0.5) is 5.69 Å². The molecule has 0 radical (unpaired) electrons. The van der Waals surface area contributed by atoms with Crippen LogP contribution in [0, 0.1) is 5.41 Å². The lowest BCUT2D eigenvalue weighted by molar-refractivity contribution is 0.265. The average molecular weight is 365 g/mol. The molecule has 3 heteroatoms. The van der Waals surface area contributed by atoms with E-state index in [-0.39, 0.29) is 11.5 Å². The Labute approximate surface area is 139 Å². The second kappa shape index (κ2) is 5.66. The number of rotatable bonds is 2. The molecule has 1 nitrogen and oxygen atoms in total. The van der Waals surface area contributed by atoms with Gasteiger partial charge in [0.05, 0.1) is 16.8 Å². The van der Waals surface area contributed by atoms with Crippen molar-refractivity contribution in [3.63, 3.8) is 0 Å². The van der Waals surface area contributed by atoms with E-state index in [9.17, 15) is 0 Å². The smallest absolute Gasteiger partial charge is 0.0638 e. The first-order chi connectivity index (χ1) is 9.97. The minimum atomic E-state index is 0.194. The first-order valence-corrected chi connectivity index (χ1v) is 8.44. The van der Waals surface area contributed by atoms with Crippen LogP contribution in [0.15, 0.2) is 46.9 Å². The van der Waals surface area contributed by atoms with Crippen LogP contribution < -0.4 is 5.32 Å². The van der Waals surface area contributed by atoms with E-state index >= 15 is 0 Å². The van der Waals surface area contributed by atoms with Crippen LogP contribution in [0.2, 0.25) is 5.02 Å². The molecule has 1 aliphatic carbocycles. The van der Waals surface area contributed by atoms with Crippen molar-refractivity contribution in [1.82, 2.24) is 0 Å². The second-order valence-corrected chi connectivity index (χ2v) is 7.71. The molecule has 0 heterocycles. The molecule has 0 amide bonds. The normalized spacial score (nSPS) is 19.9. The highest BCUT2D eigenvalue weighted by atomic mass is 79.9.